The number of amides is 2. The van der Waals surface area contributed by atoms with Crippen molar-refractivity contribution in [3.8, 4) is 0 Å². The molecule has 1 heterocycles. The molecular formula is C20H19NO6S. The highest BCUT2D eigenvalue weighted by molar-refractivity contribution is 7.92. The van der Waals surface area contributed by atoms with Crippen molar-refractivity contribution in [1.82, 2.24) is 4.90 Å². The van der Waals surface area contributed by atoms with Gasteiger partial charge in [0.15, 0.2) is 9.84 Å². The monoisotopic (exact) mass is 401 g/mol. The molecule has 0 saturated carbocycles. The van der Waals surface area contributed by atoms with Crippen LogP contribution in [0.2, 0.25) is 0 Å². The average molecular weight is 401 g/mol. The standard InChI is InChI=1S/C20H19NO6S/c1-27-18(22)11-12-28(25,26)17(13-14-7-3-2-4-8-14)21-19(23)15-9-5-6-10-16(15)20(21)24/h2-10,17H,11-13H2,1H3/t17-/m0/s1. The number of methoxy groups -OCH3 is 1. The van der Waals surface area contributed by atoms with E-state index in [0.29, 0.717) is 5.56 Å². The third kappa shape index (κ3) is 3.82. The van der Waals surface area contributed by atoms with Crippen LogP contribution in [0.5, 0.6) is 0 Å². The van der Waals surface area contributed by atoms with Crippen molar-refractivity contribution in [3.63, 3.8) is 0 Å². The second-order valence-electron chi connectivity index (χ2n) is 6.36. The molecule has 28 heavy (non-hydrogen) atoms. The summed E-state index contributed by atoms with van der Waals surface area (Å²) in [6.45, 7) is 0. The van der Waals surface area contributed by atoms with Crippen molar-refractivity contribution >= 4 is 27.6 Å². The van der Waals surface area contributed by atoms with Crippen LogP contribution in [0.3, 0.4) is 0 Å². The second kappa shape index (κ2) is 7.93. The van der Waals surface area contributed by atoms with Gasteiger partial charge in [-0.05, 0) is 17.7 Å². The fourth-order valence-electron chi connectivity index (χ4n) is 3.13. The molecule has 2 amide bonds. The van der Waals surface area contributed by atoms with Gasteiger partial charge in [-0.1, -0.05) is 42.5 Å². The highest BCUT2D eigenvalue weighted by atomic mass is 32.2. The fraction of sp³-hybridized carbons (Fsp3) is 0.250. The molecular weight excluding hydrogens is 382 g/mol. The summed E-state index contributed by atoms with van der Waals surface area (Å²) < 4.78 is 30.6. The number of hydrogen-bond donors (Lipinski definition) is 0. The number of esters is 1. The number of sulfone groups is 1. The van der Waals surface area contributed by atoms with Crippen molar-refractivity contribution in [1.29, 1.82) is 0 Å². The van der Waals surface area contributed by atoms with Gasteiger partial charge in [0.1, 0.15) is 5.37 Å². The zero-order valence-corrected chi connectivity index (χ0v) is 16.0. The van der Waals surface area contributed by atoms with E-state index in [0.717, 1.165) is 4.90 Å². The van der Waals surface area contributed by atoms with E-state index in [-0.39, 0.29) is 24.0 Å². The first-order valence-electron chi connectivity index (χ1n) is 8.64. The van der Waals surface area contributed by atoms with Crippen molar-refractivity contribution < 1.29 is 27.5 Å². The number of hydrogen-bond acceptors (Lipinski definition) is 6. The third-order valence-electron chi connectivity index (χ3n) is 4.60. The molecule has 1 aliphatic rings. The van der Waals surface area contributed by atoms with Crippen molar-refractivity contribution in [2.45, 2.75) is 18.2 Å². The summed E-state index contributed by atoms with van der Waals surface area (Å²) in [5.41, 5.74) is 1.01. The predicted molar refractivity (Wildman–Crippen MR) is 101 cm³/mol. The SMILES string of the molecule is COC(=O)CCS(=O)(=O)[C@@H](Cc1ccccc1)N1C(=O)c2ccccc2C1=O. The Balaban J connectivity index is 1.98. The van der Waals surface area contributed by atoms with Crippen LogP contribution in [-0.2, 0) is 25.8 Å². The number of ether oxygens (including phenoxy) is 1. The number of benzene rings is 2. The molecule has 0 fully saturated rings. The largest absolute Gasteiger partial charge is 0.469 e. The maximum absolute atomic E-state index is 13.0. The molecule has 2 aromatic carbocycles. The molecule has 0 spiro atoms. The first-order chi connectivity index (χ1) is 13.3. The average Bonchev–Trinajstić information content (AvgIpc) is 2.96. The van der Waals surface area contributed by atoms with E-state index < -0.39 is 38.7 Å². The van der Waals surface area contributed by atoms with Crippen molar-refractivity contribution in [3.05, 3.63) is 71.3 Å². The number of carbonyl (C=O) groups is 3. The second-order valence-corrected chi connectivity index (χ2v) is 8.64. The molecule has 7 nitrogen and oxygen atoms in total. The number of nitrogens with zero attached hydrogens (tertiary/aromatic N) is 1. The van der Waals surface area contributed by atoms with Crippen LogP contribution in [0, 0.1) is 0 Å². The number of imide groups is 1. The molecule has 3 rings (SSSR count). The minimum absolute atomic E-state index is 0.0597. The fourth-order valence-corrected chi connectivity index (χ4v) is 4.81. The normalized spacial score (nSPS) is 14.7. The molecule has 1 atom stereocenters. The van der Waals surface area contributed by atoms with E-state index in [1.165, 1.54) is 19.2 Å². The maximum Gasteiger partial charge on any atom is 0.306 e. The zero-order valence-electron chi connectivity index (χ0n) is 15.2. The van der Waals surface area contributed by atoms with Gasteiger partial charge < -0.3 is 4.74 Å². The first kappa shape index (κ1) is 19.8. The highest BCUT2D eigenvalue weighted by Gasteiger charge is 2.45. The number of carbonyl (C=O) groups excluding carboxylic acids is 3. The number of rotatable bonds is 7. The Bertz CT molecular complexity index is 981. The Morgan fingerprint density at radius 1 is 0.964 bits per heavy atom. The smallest absolute Gasteiger partial charge is 0.306 e. The highest BCUT2D eigenvalue weighted by Crippen LogP contribution is 2.28. The Labute approximate surface area is 162 Å². The van der Waals surface area contributed by atoms with Gasteiger partial charge in [0.2, 0.25) is 0 Å². The van der Waals surface area contributed by atoms with Gasteiger partial charge in [-0.2, -0.15) is 0 Å². The number of fused-ring (bicyclic) bond motifs is 1. The molecule has 1 aliphatic heterocycles. The van der Waals surface area contributed by atoms with E-state index in [1.54, 1.807) is 42.5 Å². The molecule has 146 valence electrons. The molecule has 0 unspecified atom stereocenters. The van der Waals surface area contributed by atoms with Crippen LogP contribution in [0.25, 0.3) is 0 Å². The van der Waals surface area contributed by atoms with Crippen LogP contribution >= 0.6 is 0 Å². The lowest BCUT2D eigenvalue weighted by Gasteiger charge is -2.26. The van der Waals surface area contributed by atoms with Crippen LogP contribution in [-0.4, -0.2) is 49.3 Å². The van der Waals surface area contributed by atoms with E-state index in [1.807, 2.05) is 0 Å². The summed E-state index contributed by atoms with van der Waals surface area (Å²) in [5, 5.41) is -1.41. The van der Waals surface area contributed by atoms with E-state index in [9.17, 15) is 22.8 Å². The summed E-state index contributed by atoms with van der Waals surface area (Å²) in [6, 6.07) is 14.9. The van der Waals surface area contributed by atoms with Gasteiger partial charge in [-0.25, -0.2) is 8.42 Å². The summed E-state index contributed by atoms with van der Waals surface area (Å²) in [5.74, 6) is -2.50. The Kier molecular flexibility index (Phi) is 5.60. The zero-order chi connectivity index (χ0) is 20.3. The van der Waals surface area contributed by atoms with Crippen molar-refractivity contribution in [2.75, 3.05) is 12.9 Å². The Hall–Kier alpha value is -3.00. The predicted octanol–water partition coefficient (Wildman–Crippen LogP) is 1.83. The summed E-state index contributed by atoms with van der Waals surface area (Å²) in [6.07, 6.45) is -0.414. The molecule has 0 aromatic heterocycles. The molecule has 0 saturated heterocycles. The minimum Gasteiger partial charge on any atom is -0.469 e. The summed E-state index contributed by atoms with van der Waals surface area (Å²) in [4.78, 5) is 37.9. The van der Waals surface area contributed by atoms with Crippen LogP contribution in [0.1, 0.15) is 32.7 Å². The summed E-state index contributed by atoms with van der Waals surface area (Å²) >= 11 is 0. The van der Waals surface area contributed by atoms with Crippen molar-refractivity contribution in [2.24, 2.45) is 0 Å². The van der Waals surface area contributed by atoms with E-state index >= 15 is 0 Å². The lowest BCUT2D eigenvalue weighted by atomic mass is 10.1. The van der Waals surface area contributed by atoms with E-state index in [4.69, 9.17) is 0 Å². The van der Waals surface area contributed by atoms with Crippen LogP contribution in [0.4, 0.5) is 0 Å². The van der Waals surface area contributed by atoms with Gasteiger partial charge in [-0.3, -0.25) is 19.3 Å². The molecule has 8 heteroatoms. The van der Waals surface area contributed by atoms with Gasteiger partial charge in [0.05, 0.1) is 30.4 Å². The lowest BCUT2D eigenvalue weighted by molar-refractivity contribution is -0.140. The van der Waals surface area contributed by atoms with Gasteiger partial charge in [0, 0.05) is 6.42 Å². The molecule has 0 N–H and O–H groups in total. The van der Waals surface area contributed by atoms with Gasteiger partial charge in [0.25, 0.3) is 11.8 Å². The first-order valence-corrected chi connectivity index (χ1v) is 10.4. The quantitative estimate of drug-likeness (QED) is 0.519. The summed E-state index contributed by atoms with van der Waals surface area (Å²) in [7, 11) is -2.84. The van der Waals surface area contributed by atoms with Gasteiger partial charge >= 0.3 is 5.97 Å². The molecule has 0 aliphatic carbocycles. The Morgan fingerprint density at radius 3 is 2.04 bits per heavy atom. The minimum atomic E-state index is -4.01. The molecule has 2 aromatic rings. The van der Waals surface area contributed by atoms with Gasteiger partial charge in [-0.15, -0.1) is 0 Å². The molecule has 0 radical (unpaired) electrons. The lowest BCUT2D eigenvalue weighted by Crippen LogP contribution is -2.47. The topological polar surface area (TPSA) is 97.8 Å². The Morgan fingerprint density at radius 2 is 1.50 bits per heavy atom. The van der Waals surface area contributed by atoms with E-state index in [2.05, 4.69) is 4.74 Å². The third-order valence-corrected chi connectivity index (χ3v) is 6.58. The van der Waals surface area contributed by atoms with Crippen LogP contribution in [0.15, 0.2) is 54.6 Å². The van der Waals surface area contributed by atoms with Crippen LogP contribution < -0.4 is 0 Å². The maximum atomic E-state index is 13.0. The molecule has 0 bridgehead atoms.